The highest BCUT2D eigenvalue weighted by atomic mass is 16.7. The van der Waals surface area contributed by atoms with Gasteiger partial charge < -0.3 is 14.2 Å². The summed E-state index contributed by atoms with van der Waals surface area (Å²) in [6.07, 6.45) is 6.96. The Morgan fingerprint density at radius 2 is 2.00 bits per heavy atom. The number of epoxide rings is 2. The zero-order valence-electron chi connectivity index (χ0n) is 9.04. The van der Waals surface area contributed by atoms with Gasteiger partial charge >= 0.3 is 0 Å². The molecule has 3 nitrogen and oxygen atoms in total. The molecule has 0 aromatic heterocycles. The Bertz CT molecular complexity index is 273. The standard InChI is InChI=1S/C12H18O3/c1-3-11(4-2-9(1)5-11)14-7-12(8-15-12)10-6-13-10/h9-10H,1-8H2. The van der Waals surface area contributed by atoms with Gasteiger partial charge in [-0.05, 0) is 38.0 Å². The molecular formula is C12H18O3. The smallest absolute Gasteiger partial charge is 0.143 e. The van der Waals surface area contributed by atoms with Crippen molar-refractivity contribution < 1.29 is 14.2 Å². The summed E-state index contributed by atoms with van der Waals surface area (Å²) < 4.78 is 17.1. The first-order valence-electron chi connectivity index (χ1n) is 6.20. The minimum atomic E-state index is -0.0323. The summed E-state index contributed by atoms with van der Waals surface area (Å²) in [6.45, 7) is 2.49. The van der Waals surface area contributed by atoms with Gasteiger partial charge in [0.25, 0.3) is 0 Å². The fraction of sp³-hybridized carbons (Fsp3) is 1.00. The number of fused-ring (bicyclic) bond motifs is 2. The third-order valence-electron chi connectivity index (χ3n) is 4.74. The van der Waals surface area contributed by atoms with Crippen molar-refractivity contribution in [3.8, 4) is 0 Å². The molecule has 0 radical (unpaired) electrons. The Labute approximate surface area is 90.1 Å². The van der Waals surface area contributed by atoms with Gasteiger partial charge in [-0.1, -0.05) is 0 Å². The molecule has 0 amide bonds. The first-order valence-corrected chi connectivity index (χ1v) is 6.20. The fourth-order valence-corrected chi connectivity index (χ4v) is 3.42. The van der Waals surface area contributed by atoms with Crippen molar-refractivity contribution >= 4 is 0 Å². The SMILES string of the molecule is C1CC2(OCC3(C4CO4)CO3)CCC1C2. The summed E-state index contributed by atoms with van der Waals surface area (Å²) in [5, 5.41) is 0. The maximum atomic E-state index is 6.20. The number of hydrogen-bond donors (Lipinski definition) is 0. The monoisotopic (exact) mass is 210 g/mol. The molecule has 84 valence electrons. The average molecular weight is 210 g/mol. The van der Waals surface area contributed by atoms with Crippen LogP contribution in [0.15, 0.2) is 0 Å². The maximum Gasteiger partial charge on any atom is 0.143 e. The molecule has 0 aromatic carbocycles. The lowest BCUT2D eigenvalue weighted by atomic mass is 9.97. The van der Waals surface area contributed by atoms with E-state index in [1.165, 1.54) is 32.1 Å². The predicted octanol–water partition coefficient (Wildman–Crippen LogP) is 1.50. The molecule has 2 atom stereocenters. The van der Waals surface area contributed by atoms with Crippen molar-refractivity contribution in [3.05, 3.63) is 0 Å². The lowest BCUT2D eigenvalue weighted by Gasteiger charge is -2.28. The molecule has 15 heavy (non-hydrogen) atoms. The molecule has 2 saturated heterocycles. The Balaban J connectivity index is 1.40. The second kappa shape index (κ2) is 2.76. The van der Waals surface area contributed by atoms with Crippen molar-refractivity contribution in [2.45, 2.75) is 49.4 Å². The van der Waals surface area contributed by atoms with Crippen LogP contribution in [0.3, 0.4) is 0 Å². The van der Waals surface area contributed by atoms with Crippen molar-refractivity contribution in [3.63, 3.8) is 0 Å². The molecule has 2 aliphatic heterocycles. The predicted molar refractivity (Wildman–Crippen MR) is 53.7 cm³/mol. The van der Waals surface area contributed by atoms with Crippen LogP contribution in [0.4, 0.5) is 0 Å². The molecule has 2 aliphatic carbocycles. The highest BCUT2D eigenvalue weighted by molar-refractivity contribution is 5.06. The van der Waals surface area contributed by atoms with Gasteiger partial charge in [0.1, 0.15) is 11.7 Å². The Morgan fingerprint density at radius 1 is 1.27 bits per heavy atom. The van der Waals surface area contributed by atoms with Crippen LogP contribution < -0.4 is 0 Å². The van der Waals surface area contributed by atoms with Crippen molar-refractivity contribution in [1.29, 1.82) is 0 Å². The molecule has 3 heteroatoms. The van der Waals surface area contributed by atoms with E-state index in [9.17, 15) is 0 Å². The molecule has 0 N–H and O–H groups in total. The van der Waals surface area contributed by atoms with Gasteiger partial charge in [0, 0.05) is 0 Å². The molecule has 4 fully saturated rings. The molecule has 0 spiro atoms. The largest absolute Gasteiger partial charge is 0.372 e. The second-order valence-corrected chi connectivity index (χ2v) is 5.79. The Hall–Kier alpha value is -0.120. The molecule has 0 aromatic rings. The van der Waals surface area contributed by atoms with E-state index >= 15 is 0 Å². The van der Waals surface area contributed by atoms with E-state index in [0.717, 1.165) is 25.7 Å². The Kier molecular flexibility index (Phi) is 1.65. The third kappa shape index (κ3) is 1.37. The van der Waals surface area contributed by atoms with E-state index < -0.39 is 0 Å². The average Bonchev–Trinajstić information content (AvgIpc) is 3.15. The summed E-state index contributed by atoms with van der Waals surface area (Å²) in [5.41, 5.74) is 0.202. The van der Waals surface area contributed by atoms with E-state index in [2.05, 4.69) is 0 Å². The second-order valence-electron chi connectivity index (χ2n) is 5.79. The molecule has 2 heterocycles. The minimum absolute atomic E-state index is 0.0323. The van der Waals surface area contributed by atoms with E-state index in [0.29, 0.717) is 6.10 Å². The molecule has 2 bridgehead atoms. The summed E-state index contributed by atoms with van der Waals surface area (Å²) in [6, 6.07) is 0. The van der Waals surface area contributed by atoms with Crippen LogP contribution in [0.5, 0.6) is 0 Å². The van der Waals surface area contributed by atoms with Gasteiger partial charge in [0.05, 0.1) is 25.4 Å². The van der Waals surface area contributed by atoms with Crippen LogP contribution in [0, 0.1) is 5.92 Å². The Morgan fingerprint density at radius 3 is 2.47 bits per heavy atom. The van der Waals surface area contributed by atoms with Crippen molar-refractivity contribution in [2.24, 2.45) is 5.92 Å². The molecular weight excluding hydrogens is 192 g/mol. The first-order chi connectivity index (χ1) is 7.30. The van der Waals surface area contributed by atoms with Gasteiger partial charge in [-0.15, -0.1) is 0 Å². The summed E-state index contributed by atoms with van der Waals surface area (Å²) in [4.78, 5) is 0. The molecule has 2 unspecified atom stereocenters. The van der Waals surface area contributed by atoms with Crippen LogP contribution in [0.25, 0.3) is 0 Å². The van der Waals surface area contributed by atoms with Crippen LogP contribution in [0.1, 0.15) is 32.1 Å². The van der Waals surface area contributed by atoms with Crippen LogP contribution in [-0.2, 0) is 14.2 Å². The van der Waals surface area contributed by atoms with E-state index in [1.54, 1.807) is 0 Å². The quantitative estimate of drug-likeness (QED) is 0.659. The third-order valence-corrected chi connectivity index (χ3v) is 4.74. The van der Waals surface area contributed by atoms with E-state index in [4.69, 9.17) is 14.2 Å². The number of rotatable bonds is 4. The van der Waals surface area contributed by atoms with Gasteiger partial charge in [-0.3, -0.25) is 0 Å². The lowest BCUT2D eigenvalue weighted by molar-refractivity contribution is -0.0630. The van der Waals surface area contributed by atoms with Crippen LogP contribution >= 0.6 is 0 Å². The van der Waals surface area contributed by atoms with E-state index in [1.807, 2.05) is 0 Å². The first kappa shape index (κ1) is 8.97. The summed E-state index contributed by atoms with van der Waals surface area (Å²) in [5.74, 6) is 0.957. The van der Waals surface area contributed by atoms with E-state index in [-0.39, 0.29) is 11.2 Å². The highest BCUT2D eigenvalue weighted by Gasteiger charge is 2.59. The number of hydrogen-bond acceptors (Lipinski definition) is 3. The molecule has 4 aliphatic rings. The van der Waals surface area contributed by atoms with Crippen molar-refractivity contribution in [2.75, 3.05) is 19.8 Å². The fourth-order valence-electron chi connectivity index (χ4n) is 3.42. The van der Waals surface area contributed by atoms with Gasteiger partial charge in [0.2, 0.25) is 0 Å². The maximum absolute atomic E-state index is 6.20. The minimum Gasteiger partial charge on any atom is -0.372 e. The number of ether oxygens (including phenoxy) is 3. The van der Waals surface area contributed by atoms with Gasteiger partial charge in [0.15, 0.2) is 0 Å². The van der Waals surface area contributed by atoms with Crippen LogP contribution in [0.2, 0.25) is 0 Å². The summed E-state index contributed by atoms with van der Waals surface area (Å²) >= 11 is 0. The van der Waals surface area contributed by atoms with Gasteiger partial charge in [-0.25, -0.2) is 0 Å². The van der Waals surface area contributed by atoms with Crippen molar-refractivity contribution in [1.82, 2.24) is 0 Å². The zero-order valence-corrected chi connectivity index (χ0v) is 9.04. The topological polar surface area (TPSA) is 34.3 Å². The normalized spacial score (nSPS) is 56.0. The van der Waals surface area contributed by atoms with Gasteiger partial charge in [-0.2, -0.15) is 0 Å². The molecule has 2 saturated carbocycles. The lowest BCUT2D eigenvalue weighted by Crippen LogP contribution is -2.35. The summed E-state index contributed by atoms with van der Waals surface area (Å²) in [7, 11) is 0. The van der Waals surface area contributed by atoms with Crippen LogP contribution in [-0.4, -0.2) is 37.1 Å². The highest BCUT2D eigenvalue weighted by Crippen LogP contribution is 2.51. The molecule has 4 rings (SSSR count). The zero-order chi connectivity index (χ0) is 9.93.